The molecule has 0 aliphatic heterocycles. The summed E-state index contributed by atoms with van der Waals surface area (Å²) in [5.41, 5.74) is -0.619. The van der Waals surface area contributed by atoms with E-state index in [1.54, 1.807) is 6.92 Å². The maximum absolute atomic E-state index is 10.9. The van der Waals surface area contributed by atoms with Gasteiger partial charge in [0.05, 0.1) is 4.92 Å². The SMILES string of the molecule is C=CC(C)Oc1c(C(=O)O)cccc1[N+](=O)[O-]. The van der Waals surface area contributed by atoms with Crippen LogP contribution in [-0.2, 0) is 0 Å². The number of nitrogens with zero attached hydrogens (tertiary/aromatic N) is 1. The number of hydrogen-bond donors (Lipinski definition) is 1. The number of aromatic carboxylic acids is 1. The van der Waals surface area contributed by atoms with E-state index in [9.17, 15) is 14.9 Å². The molecule has 0 bridgehead atoms. The van der Waals surface area contributed by atoms with Crippen molar-refractivity contribution in [3.63, 3.8) is 0 Å². The van der Waals surface area contributed by atoms with E-state index in [2.05, 4.69) is 6.58 Å². The predicted molar refractivity (Wildman–Crippen MR) is 60.3 cm³/mol. The molecule has 0 spiro atoms. The van der Waals surface area contributed by atoms with E-state index in [-0.39, 0.29) is 17.0 Å². The maximum atomic E-state index is 10.9. The highest BCUT2D eigenvalue weighted by Gasteiger charge is 2.23. The van der Waals surface area contributed by atoms with Gasteiger partial charge in [-0.15, -0.1) is 0 Å². The van der Waals surface area contributed by atoms with Gasteiger partial charge in [0.2, 0.25) is 5.75 Å². The van der Waals surface area contributed by atoms with Gasteiger partial charge in [0.25, 0.3) is 0 Å². The molecule has 0 aromatic heterocycles. The van der Waals surface area contributed by atoms with Gasteiger partial charge in [-0.3, -0.25) is 10.1 Å². The van der Waals surface area contributed by atoms with Crippen molar-refractivity contribution in [3.8, 4) is 5.75 Å². The molecule has 90 valence electrons. The second-order valence-corrected chi connectivity index (χ2v) is 3.27. The lowest BCUT2D eigenvalue weighted by Gasteiger charge is -2.12. The zero-order valence-corrected chi connectivity index (χ0v) is 9.12. The highest BCUT2D eigenvalue weighted by Crippen LogP contribution is 2.31. The number of benzene rings is 1. The van der Waals surface area contributed by atoms with Crippen LogP contribution in [0.25, 0.3) is 0 Å². The van der Waals surface area contributed by atoms with Gasteiger partial charge >= 0.3 is 11.7 Å². The number of carboxylic acids is 1. The standard InChI is InChI=1S/C11H11NO5/c1-3-7(2)17-10-8(11(13)14)5-4-6-9(10)12(15)16/h3-7H,1H2,2H3,(H,13,14). The molecule has 0 fully saturated rings. The van der Waals surface area contributed by atoms with E-state index in [1.807, 2.05) is 0 Å². The molecule has 0 saturated carbocycles. The summed E-state index contributed by atoms with van der Waals surface area (Å²) in [5, 5.41) is 19.7. The van der Waals surface area contributed by atoms with Gasteiger partial charge in [-0.1, -0.05) is 18.7 Å². The molecule has 0 aliphatic rings. The quantitative estimate of drug-likeness (QED) is 0.482. The van der Waals surface area contributed by atoms with Crippen LogP contribution in [0, 0.1) is 10.1 Å². The van der Waals surface area contributed by atoms with Gasteiger partial charge in [0.15, 0.2) is 0 Å². The van der Waals surface area contributed by atoms with E-state index in [1.165, 1.54) is 24.3 Å². The van der Waals surface area contributed by atoms with Gasteiger partial charge in [0.1, 0.15) is 11.7 Å². The van der Waals surface area contributed by atoms with Crippen molar-refractivity contribution in [3.05, 3.63) is 46.5 Å². The molecule has 1 unspecified atom stereocenters. The molecular weight excluding hydrogens is 226 g/mol. The molecule has 6 heteroatoms. The summed E-state index contributed by atoms with van der Waals surface area (Å²) in [5.74, 6) is -1.53. The Morgan fingerprint density at radius 2 is 2.29 bits per heavy atom. The first-order valence-corrected chi connectivity index (χ1v) is 4.77. The Bertz CT molecular complexity index is 437. The summed E-state index contributed by atoms with van der Waals surface area (Å²) in [6.07, 6.45) is 0.900. The molecule has 1 atom stereocenters. The largest absolute Gasteiger partial charge is 0.479 e. The number of nitro groups is 1. The van der Waals surface area contributed by atoms with Crippen molar-refractivity contribution in [1.29, 1.82) is 0 Å². The molecule has 0 saturated heterocycles. The normalized spacial score (nSPS) is 11.6. The Balaban J connectivity index is 3.33. The second-order valence-electron chi connectivity index (χ2n) is 3.27. The van der Waals surface area contributed by atoms with Crippen LogP contribution in [0.1, 0.15) is 17.3 Å². The van der Waals surface area contributed by atoms with E-state index in [0.717, 1.165) is 0 Å². The average molecular weight is 237 g/mol. The van der Waals surface area contributed by atoms with Crippen LogP contribution in [0.2, 0.25) is 0 Å². The van der Waals surface area contributed by atoms with Crippen LogP contribution in [0.4, 0.5) is 5.69 Å². The Kier molecular flexibility index (Phi) is 3.82. The summed E-state index contributed by atoms with van der Waals surface area (Å²) in [6, 6.07) is 3.74. The first-order valence-electron chi connectivity index (χ1n) is 4.77. The first-order chi connectivity index (χ1) is 7.97. The van der Waals surface area contributed by atoms with E-state index in [0.29, 0.717) is 0 Å². The minimum Gasteiger partial charge on any atom is -0.479 e. The van der Waals surface area contributed by atoms with Crippen LogP contribution in [0.5, 0.6) is 5.75 Å². The molecule has 0 heterocycles. The van der Waals surface area contributed by atoms with Gasteiger partial charge < -0.3 is 9.84 Å². The van der Waals surface area contributed by atoms with Crippen LogP contribution < -0.4 is 4.74 Å². The van der Waals surface area contributed by atoms with Crippen molar-refractivity contribution >= 4 is 11.7 Å². The highest BCUT2D eigenvalue weighted by molar-refractivity contribution is 5.92. The van der Waals surface area contributed by atoms with Gasteiger partial charge in [-0.25, -0.2) is 4.79 Å². The van der Waals surface area contributed by atoms with E-state index in [4.69, 9.17) is 9.84 Å². The van der Waals surface area contributed by atoms with Crippen molar-refractivity contribution < 1.29 is 19.6 Å². The van der Waals surface area contributed by atoms with E-state index >= 15 is 0 Å². The lowest BCUT2D eigenvalue weighted by atomic mass is 10.1. The zero-order chi connectivity index (χ0) is 13.0. The van der Waals surface area contributed by atoms with Crippen molar-refractivity contribution in [2.75, 3.05) is 0 Å². The third kappa shape index (κ3) is 2.81. The van der Waals surface area contributed by atoms with Crippen molar-refractivity contribution in [1.82, 2.24) is 0 Å². The lowest BCUT2D eigenvalue weighted by Crippen LogP contribution is -2.12. The Morgan fingerprint density at radius 1 is 1.65 bits per heavy atom. The Morgan fingerprint density at radius 3 is 2.76 bits per heavy atom. The van der Waals surface area contributed by atoms with Gasteiger partial charge in [-0.2, -0.15) is 0 Å². The number of para-hydroxylation sites is 1. The molecule has 17 heavy (non-hydrogen) atoms. The van der Waals surface area contributed by atoms with Crippen LogP contribution in [-0.4, -0.2) is 22.1 Å². The van der Waals surface area contributed by atoms with Crippen LogP contribution >= 0.6 is 0 Å². The number of carbonyl (C=O) groups is 1. The number of rotatable bonds is 5. The maximum Gasteiger partial charge on any atom is 0.339 e. The fraction of sp³-hybridized carbons (Fsp3) is 0.182. The zero-order valence-electron chi connectivity index (χ0n) is 9.12. The minimum absolute atomic E-state index is 0.243. The molecule has 0 amide bonds. The molecule has 0 aliphatic carbocycles. The molecular formula is C11H11NO5. The molecule has 0 radical (unpaired) electrons. The molecule has 1 aromatic rings. The predicted octanol–water partition coefficient (Wildman–Crippen LogP) is 2.25. The second kappa shape index (κ2) is 5.11. The third-order valence-corrected chi connectivity index (χ3v) is 2.06. The van der Waals surface area contributed by atoms with Crippen LogP contribution in [0.3, 0.4) is 0 Å². The molecule has 1 N–H and O–H groups in total. The summed E-state index contributed by atoms with van der Waals surface area (Å²) in [6.45, 7) is 5.07. The fourth-order valence-corrected chi connectivity index (χ4v) is 1.19. The molecule has 1 rings (SSSR count). The topological polar surface area (TPSA) is 89.7 Å². The Labute approximate surface area is 97.3 Å². The van der Waals surface area contributed by atoms with Crippen LogP contribution in [0.15, 0.2) is 30.9 Å². The lowest BCUT2D eigenvalue weighted by molar-refractivity contribution is -0.386. The monoisotopic (exact) mass is 237 g/mol. The first kappa shape index (κ1) is 12.7. The average Bonchev–Trinajstić information content (AvgIpc) is 2.28. The summed E-state index contributed by atoms with van der Waals surface area (Å²) in [7, 11) is 0. The third-order valence-electron chi connectivity index (χ3n) is 2.06. The van der Waals surface area contributed by atoms with Gasteiger partial charge in [0, 0.05) is 6.07 Å². The Hall–Kier alpha value is -2.37. The fourth-order valence-electron chi connectivity index (χ4n) is 1.19. The summed E-state index contributed by atoms with van der Waals surface area (Å²) >= 11 is 0. The smallest absolute Gasteiger partial charge is 0.339 e. The van der Waals surface area contributed by atoms with Crippen molar-refractivity contribution in [2.24, 2.45) is 0 Å². The summed E-state index contributed by atoms with van der Waals surface area (Å²) < 4.78 is 5.21. The van der Waals surface area contributed by atoms with E-state index < -0.39 is 17.0 Å². The van der Waals surface area contributed by atoms with Crippen molar-refractivity contribution in [2.45, 2.75) is 13.0 Å². The number of nitro benzene ring substituents is 1. The number of hydrogen-bond acceptors (Lipinski definition) is 4. The summed E-state index contributed by atoms with van der Waals surface area (Å²) in [4.78, 5) is 21.0. The molecule has 6 nitrogen and oxygen atoms in total. The molecule has 1 aromatic carbocycles. The minimum atomic E-state index is -1.28. The number of ether oxygens (including phenoxy) is 1. The highest BCUT2D eigenvalue weighted by atomic mass is 16.6. The number of carboxylic acid groups (broad SMARTS) is 1. The van der Waals surface area contributed by atoms with Gasteiger partial charge in [-0.05, 0) is 13.0 Å².